The zero-order valence-electron chi connectivity index (χ0n) is 55.6. The Kier molecular flexibility index (Phi) is 24.6. The molecule has 3 aromatic carbocycles. The maximum Gasteiger partial charge on any atom is 0.417 e. The van der Waals surface area contributed by atoms with Crippen molar-refractivity contribution in [3.63, 3.8) is 0 Å². The molecule has 536 valence electrons. The summed E-state index contributed by atoms with van der Waals surface area (Å²) < 4.78 is 149. The first kappa shape index (κ1) is 76.1. The molecule has 9 rings (SSSR count). The van der Waals surface area contributed by atoms with Crippen molar-refractivity contribution in [1.29, 1.82) is 0 Å². The predicted octanol–water partition coefficient (Wildman–Crippen LogP) is 13.1. The van der Waals surface area contributed by atoms with Crippen LogP contribution in [0.25, 0.3) is 0 Å². The Morgan fingerprint density at radius 3 is 1.35 bits per heavy atom. The smallest absolute Gasteiger partial charge is 0.417 e. The summed E-state index contributed by atoms with van der Waals surface area (Å²) in [5.74, 6) is -5.92. The average molecular weight is 1420 g/mol. The number of alkyl halides is 10. The molecule has 3 aromatic rings. The Hall–Kier alpha value is -6.61. The molecule has 29 heteroatoms. The molecule has 17 nitrogen and oxygen atoms in total. The molecular weight excluding hydrogens is 1330 g/mol. The van der Waals surface area contributed by atoms with Crippen molar-refractivity contribution in [1.82, 2.24) is 30.7 Å². The molecule has 7 amide bonds. The van der Waals surface area contributed by atoms with Gasteiger partial charge in [0.25, 0.3) is 35.4 Å². The van der Waals surface area contributed by atoms with E-state index in [-0.39, 0.29) is 84.9 Å². The summed E-state index contributed by atoms with van der Waals surface area (Å²) in [6, 6.07) is 7.92. The van der Waals surface area contributed by atoms with Crippen LogP contribution in [0.15, 0.2) is 42.5 Å². The summed E-state index contributed by atoms with van der Waals surface area (Å²) in [5, 5.41) is 8.31. The zero-order chi connectivity index (χ0) is 71.4. The lowest BCUT2D eigenvalue weighted by atomic mass is 9.82. The van der Waals surface area contributed by atoms with Crippen molar-refractivity contribution < 1.29 is 86.9 Å². The Labute approximate surface area is 568 Å². The van der Waals surface area contributed by atoms with Crippen LogP contribution >= 0.6 is 23.2 Å². The highest BCUT2D eigenvalue weighted by Crippen LogP contribution is 2.47. The molecule has 0 atom stereocenters. The van der Waals surface area contributed by atoms with Gasteiger partial charge in [0.2, 0.25) is 5.91 Å². The monoisotopic (exact) mass is 1420 g/mol. The Morgan fingerprint density at radius 2 is 0.979 bits per heavy atom. The lowest BCUT2D eigenvalue weighted by molar-refractivity contribution is -0.139. The van der Waals surface area contributed by atoms with Gasteiger partial charge in [0.05, 0.1) is 50.1 Å². The van der Waals surface area contributed by atoms with Crippen molar-refractivity contribution in [2.45, 2.75) is 224 Å². The second-order valence-electron chi connectivity index (χ2n) is 27.6. The highest BCUT2D eigenvalue weighted by molar-refractivity contribution is 6.42. The highest BCUT2D eigenvalue weighted by Gasteiger charge is 2.48. The second kappa shape index (κ2) is 31.3. The van der Waals surface area contributed by atoms with Crippen LogP contribution in [0, 0.1) is 11.8 Å². The van der Waals surface area contributed by atoms with Gasteiger partial charge in [-0.15, -0.1) is 0 Å². The predicted molar refractivity (Wildman–Crippen MR) is 344 cm³/mol. The number of nitrogens with zero attached hydrogens (tertiary/aromatic N) is 5. The Bertz CT molecular complexity index is 3370. The Balaban J connectivity index is 0.000000254. The number of hydrogen-bond acceptors (Lipinski definition) is 10. The van der Waals surface area contributed by atoms with Gasteiger partial charge in [-0.05, 0) is 206 Å². The number of anilines is 2. The first-order chi connectivity index (χ1) is 45.4. The van der Waals surface area contributed by atoms with Crippen molar-refractivity contribution >= 4 is 75.9 Å². The van der Waals surface area contributed by atoms with Crippen LogP contribution < -0.4 is 35.2 Å². The summed E-state index contributed by atoms with van der Waals surface area (Å²) in [6.07, 6.45) is -4.49. The summed E-state index contributed by atoms with van der Waals surface area (Å²) in [5.41, 5.74) is -6.35. The molecule has 0 aromatic heterocycles. The topological polar surface area (TPSA) is 190 Å². The third kappa shape index (κ3) is 19.0. The number of ether oxygens (including phenoxy) is 2. The molecule has 0 bridgehead atoms. The normalized spacial score (nSPS) is 20.7. The number of hydrogen-bond donors (Lipinski definition) is 3. The molecule has 4 aliphatic carbocycles. The van der Waals surface area contributed by atoms with Gasteiger partial charge in [0, 0.05) is 69.0 Å². The fraction of sp³-hybridized carbons (Fsp3) is 0.632. The molecule has 0 radical (unpaired) electrons. The third-order valence-corrected chi connectivity index (χ3v) is 19.5. The van der Waals surface area contributed by atoms with Crippen molar-refractivity contribution in [2.24, 2.45) is 11.8 Å². The van der Waals surface area contributed by atoms with Gasteiger partial charge in [0.1, 0.15) is 11.5 Å². The fourth-order valence-corrected chi connectivity index (χ4v) is 13.8. The summed E-state index contributed by atoms with van der Waals surface area (Å²) in [4.78, 5) is 98.0. The maximum absolute atomic E-state index is 14.6. The molecule has 97 heavy (non-hydrogen) atoms. The van der Waals surface area contributed by atoms with E-state index in [1.807, 2.05) is 15.5 Å². The molecular formula is C68H86Cl2F10N8O9. The number of nitrogens with one attached hydrogen (secondary N) is 3. The largest absolute Gasteiger partial charge is 0.476 e. The third-order valence-electron chi connectivity index (χ3n) is 18.8. The number of carbonyl (C=O) groups is 7. The molecule has 4 saturated carbocycles. The summed E-state index contributed by atoms with van der Waals surface area (Å²) in [6.45, 7) is 12.5. The fourth-order valence-electron chi connectivity index (χ4n) is 13.5. The number of amides is 7. The van der Waals surface area contributed by atoms with E-state index in [1.54, 1.807) is 45.9 Å². The van der Waals surface area contributed by atoms with Crippen molar-refractivity contribution in [2.75, 3.05) is 49.1 Å². The SMILES string of the molecule is CC(C)N(C(=O)c1cc2c(cc1C(F)(F)F)OC(C)(C)C(=O)N2CCNC(=O)C(F)F)C1CCC(CCN(C(=O)Cc2ccc(Cl)c(Cl)c2)C2CC2)CC1.CC(C)N(C(=O)c1cc2c(cc1C(F)(F)F)OC(C)(C)C(=O)N2CCNC(=O)C(F)F)C1CCC(CCNC2CC2)CC1. The lowest BCUT2D eigenvalue weighted by Gasteiger charge is -2.41. The van der Waals surface area contributed by atoms with Gasteiger partial charge >= 0.3 is 25.2 Å². The van der Waals surface area contributed by atoms with E-state index >= 15 is 0 Å². The van der Waals surface area contributed by atoms with Crippen molar-refractivity contribution in [3.05, 3.63) is 80.3 Å². The molecule has 0 spiro atoms. The van der Waals surface area contributed by atoms with Gasteiger partial charge in [-0.3, -0.25) is 33.6 Å². The van der Waals surface area contributed by atoms with Crippen LogP contribution in [0.1, 0.15) is 183 Å². The maximum atomic E-state index is 14.6. The van der Waals surface area contributed by atoms with E-state index in [9.17, 15) is 77.5 Å². The van der Waals surface area contributed by atoms with E-state index in [1.165, 1.54) is 50.3 Å². The van der Waals surface area contributed by atoms with Gasteiger partial charge in [0.15, 0.2) is 11.2 Å². The summed E-state index contributed by atoms with van der Waals surface area (Å²) >= 11 is 12.2. The number of carbonyl (C=O) groups excluding carboxylic acids is 7. The first-order valence-corrected chi connectivity index (χ1v) is 33.9. The zero-order valence-corrected chi connectivity index (χ0v) is 57.1. The summed E-state index contributed by atoms with van der Waals surface area (Å²) in [7, 11) is 0. The van der Waals surface area contributed by atoms with E-state index in [2.05, 4.69) is 5.32 Å². The number of fused-ring (bicyclic) bond motifs is 2. The van der Waals surface area contributed by atoms with Gasteiger partial charge < -0.3 is 49.9 Å². The second-order valence-corrected chi connectivity index (χ2v) is 28.4. The quantitative estimate of drug-likeness (QED) is 0.0728. The number of rotatable bonds is 24. The van der Waals surface area contributed by atoms with Gasteiger partial charge in [-0.1, -0.05) is 29.3 Å². The molecule has 0 unspecified atom stereocenters. The average Bonchev–Trinajstić information content (AvgIpc) is 1.45. The Morgan fingerprint density at radius 1 is 0.567 bits per heavy atom. The minimum atomic E-state index is -4.96. The molecule has 2 heterocycles. The molecule has 6 aliphatic rings. The van der Waals surface area contributed by atoms with Crippen LogP contribution in [0.2, 0.25) is 10.0 Å². The van der Waals surface area contributed by atoms with E-state index in [0.29, 0.717) is 73.1 Å². The van der Waals surface area contributed by atoms with Crippen LogP contribution in [0.5, 0.6) is 11.5 Å². The standard InChI is InChI=1S/C38H45Cl2F5N4O5.C30H41F5N4O4/c1-21(2)49(25-8-5-22(6-9-25)13-15-47(24-10-11-24)32(50)18-23-7-12-28(39)29(40)17-23)35(52)26-19-30-31(20-27(26)38(43,44)45)54-37(3,4)36(53)48(30)16-14-46-34(51)33(41)42;1-17(2)39(20-9-5-18(6-10-20)11-12-36-19-7-8-19)27(41)21-15-23-24(16-22(21)30(33,34)35)43-29(3,4)28(42)38(23)14-13-37-26(40)25(31)32/h7,12,17,19-22,24-25,33H,5-6,8-11,13-16,18H2,1-4H3,(H,46,51);15-20,25,36H,5-14H2,1-4H3,(H,37,40). The molecule has 4 fully saturated rings. The number of halogens is 12. The first-order valence-electron chi connectivity index (χ1n) is 33.1. The number of benzene rings is 3. The van der Waals surface area contributed by atoms with Crippen LogP contribution in [0.4, 0.5) is 55.3 Å². The lowest BCUT2D eigenvalue weighted by Crippen LogP contribution is -2.54. The highest BCUT2D eigenvalue weighted by atomic mass is 35.5. The molecule has 2 aliphatic heterocycles. The van der Waals surface area contributed by atoms with Crippen molar-refractivity contribution in [3.8, 4) is 11.5 Å². The van der Waals surface area contributed by atoms with Gasteiger partial charge in [-0.2, -0.15) is 43.9 Å². The van der Waals surface area contributed by atoms with Gasteiger partial charge in [-0.25, -0.2) is 0 Å². The molecule has 3 N–H and O–H groups in total. The van der Waals surface area contributed by atoms with Crippen LogP contribution in [0.3, 0.4) is 0 Å². The van der Waals surface area contributed by atoms with E-state index in [0.717, 1.165) is 78.6 Å². The van der Waals surface area contributed by atoms with E-state index in [4.69, 9.17) is 32.7 Å². The van der Waals surface area contributed by atoms with Crippen LogP contribution in [-0.4, -0.2) is 156 Å². The minimum Gasteiger partial charge on any atom is -0.476 e. The van der Waals surface area contributed by atoms with Crippen LogP contribution in [-0.2, 0) is 42.7 Å². The minimum absolute atomic E-state index is 0.0128. The molecule has 0 saturated heterocycles. The van der Waals surface area contributed by atoms with E-state index < -0.39 is 107 Å².